The highest BCUT2D eigenvalue weighted by Gasteiger charge is 2.51. The van der Waals surface area contributed by atoms with Crippen LogP contribution in [0.3, 0.4) is 0 Å². The van der Waals surface area contributed by atoms with Crippen LogP contribution in [0.4, 0.5) is 0 Å². The first-order chi connectivity index (χ1) is 20.0. The highest BCUT2D eigenvalue weighted by Crippen LogP contribution is 2.29. The minimum Gasteiger partial charge on any atom is -0.463 e. The van der Waals surface area contributed by atoms with Gasteiger partial charge < -0.3 is 49.5 Å². The lowest BCUT2D eigenvalue weighted by Gasteiger charge is -2.44. The molecule has 0 aromatic heterocycles. The summed E-state index contributed by atoms with van der Waals surface area (Å²) in [6.45, 7) is 5.95. The van der Waals surface area contributed by atoms with Crippen LogP contribution in [0.1, 0.15) is 33.3 Å². The predicted octanol–water partition coefficient (Wildman–Crippen LogP) is -0.670. The fraction of sp³-hybridized carbons (Fsp3) is 0.593. The predicted molar refractivity (Wildman–Crippen MR) is 144 cm³/mol. The molecule has 0 bridgehead atoms. The van der Waals surface area contributed by atoms with Gasteiger partial charge in [0.05, 0.1) is 19.8 Å². The maximum absolute atomic E-state index is 12.1. The number of esters is 3. The molecule has 0 spiro atoms. The third-order valence-electron chi connectivity index (χ3n) is 5.60. The van der Waals surface area contributed by atoms with Crippen LogP contribution in [0.25, 0.3) is 0 Å². The van der Waals surface area contributed by atoms with Gasteiger partial charge in [0.15, 0.2) is 12.2 Å². The van der Waals surface area contributed by atoms with Crippen LogP contribution >= 0.6 is 0 Å². The van der Waals surface area contributed by atoms with Crippen molar-refractivity contribution in [2.75, 3.05) is 39.6 Å². The molecule has 1 aromatic carbocycles. The topological polar surface area (TPSA) is 200 Å². The van der Waals surface area contributed by atoms with Crippen molar-refractivity contribution in [2.45, 2.75) is 64.9 Å². The Kier molecular flexibility index (Phi) is 14.7. The average Bonchev–Trinajstić information content (AvgIpc) is 2.91. The molecule has 0 aliphatic carbocycles. The molecule has 1 aliphatic rings. The molecule has 2 amide bonds. The van der Waals surface area contributed by atoms with Gasteiger partial charge in [-0.25, -0.2) is 0 Å². The molecule has 0 saturated carbocycles. The van der Waals surface area contributed by atoms with Crippen LogP contribution in [0.2, 0.25) is 0 Å². The summed E-state index contributed by atoms with van der Waals surface area (Å²) in [6, 6.07) is 5.52. The Hall–Kier alpha value is -3.79. The fourth-order valence-corrected chi connectivity index (χ4v) is 3.93. The fourth-order valence-electron chi connectivity index (χ4n) is 3.93. The van der Waals surface area contributed by atoms with Gasteiger partial charge in [-0.3, -0.25) is 24.0 Å². The highest BCUT2D eigenvalue weighted by molar-refractivity contribution is 5.77. The Morgan fingerprint density at radius 1 is 0.857 bits per heavy atom. The molecule has 42 heavy (non-hydrogen) atoms. The van der Waals surface area contributed by atoms with Gasteiger partial charge in [0.2, 0.25) is 18.1 Å². The lowest BCUT2D eigenvalue weighted by Crippen LogP contribution is -2.67. The minimum absolute atomic E-state index is 0.122. The number of carbonyl (C=O) groups excluding carboxylic acids is 5. The van der Waals surface area contributed by atoms with Crippen LogP contribution in [0.5, 0.6) is 5.75 Å². The number of rotatable bonds is 16. The van der Waals surface area contributed by atoms with Crippen molar-refractivity contribution in [3.8, 4) is 5.75 Å². The van der Waals surface area contributed by atoms with Crippen LogP contribution in [0, 0.1) is 0 Å². The Morgan fingerprint density at radius 3 is 2.10 bits per heavy atom. The largest absolute Gasteiger partial charge is 0.463 e. The van der Waals surface area contributed by atoms with E-state index in [9.17, 15) is 24.0 Å². The van der Waals surface area contributed by atoms with Crippen molar-refractivity contribution < 1.29 is 57.1 Å². The second-order valence-corrected chi connectivity index (χ2v) is 9.21. The van der Waals surface area contributed by atoms with Gasteiger partial charge in [-0.05, 0) is 17.7 Å². The van der Waals surface area contributed by atoms with E-state index in [0.29, 0.717) is 25.5 Å². The molecule has 0 unspecified atom stereocenters. The number of hydrogen-bond donors (Lipinski definition) is 3. The summed E-state index contributed by atoms with van der Waals surface area (Å²) in [5, 5.41) is 5.37. The second kappa shape index (κ2) is 17.9. The van der Waals surface area contributed by atoms with E-state index in [4.69, 9.17) is 38.9 Å². The molecular weight excluding hydrogens is 558 g/mol. The van der Waals surface area contributed by atoms with E-state index in [-0.39, 0.29) is 32.3 Å². The van der Waals surface area contributed by atoms with Crippen molar-refractivity contribution in [1.29, 1.82) is 0 Å². The van der Waals surface area contributed by atoms with E-state index in [1.165, 1.54) is 13.8 Å². The van der Waals surface area contributed by atoms with Gasteiger partial charge in [-0.2, -0.15) is 0 Å². The van der Waals surface area contributed by atoms with Crippen molar-refractivity contribution in [1.82, 2.24) is 10.6 Å². The summed E-state index contributed by atoms with van der Waals surface area (Å²) in [4.78, 5) is 59.4. The molecule has 234 valence electrons. The van der Waals surface area contributed by atoms with E-state index in [2.05, 4.69) is 10.6 Å². The highest BCUT2D eigenvalue weighted by atomic mass is 16.7. The molecular formula is C27H39N3O12. The number of benzene rings is 1. The van der Waals surface area contributed by atoms with Crippen molar-refractivity contribution >= 4 is 29.7 Å². The summed E-state index contributed by atoms with van der Waals surface area (Å²) >= 11 is 0. The van der Waals surface area contributed by atoms with E-state index < -0.39 is 54.5 Å². The number of nitrogens with one attached hydrogen (secondary N) is 2. The maximum atomic E-state index is 12.1. The Balaban J connectivity index is 2.12. The second-order valence-electron chi connectivity index (χ2n) is 9.21. The summed E-state index contributed by atoms with van der Waals surface area (Å²) < 4.78 is 38.3. The molecule has 2 rings (SSSR count). The first-order valence-electron chi connectivity index (χ1n) is 13.3. The zero-order chi connectivity index (χ0) is 31.1. The quantitative estimate of drug-likeness (QED) is 0.123. The van der Waals surface area contributed by atoms with E-state index in [1.54, 1.807) is 24.3 Å². The first kappa shape index (κ1) is 34.4. The normalized spacial score (nSPS) is 21.5. The molecule has 5 atom stereocenters. The summed E-state index contributed by atoms with van der Waals surface area (Å²) in [6.07, 6.45) is -4.81. The summed E-state index contributed by atoms with van der Waals surface area (Å²) in [5.41, 5.74) is 6.08. The summed E-state index contributed by atoms with van der Waals surface area (Å²) in [7, 11) is 0. The molecule has 4 N–H and O–H groups in total. The van der Waals surface area contributed by atoms with E-state index in [0.717, 1.165) is 19.4 Å². The molecule has 15 heteroatoms. The molecule has 1 fully saturated rings. The molecule has 15 nitrogen and oxygen atoms in total. The van der Waals surface area contributed by atoms with Crippen LogP contribution < -0.4 is 21.1 Å². The number of carbonyl (C=O) groups is 5. The zero-order valence-electron chi connectivity index (χ0n) is 24.1. The molecule has 1 aliphatic heterocycles. The smallest absolute Gasteiger partial charge is 0.303 e. The third kappa shape index (κ3) is 12.4. The standard InChI is InChI=1S/C27H39N3O12/c1-16(31)30-24-26(40-19(4)34)25(39-18(3)33)22(14-38-17(2)32)42-27(24)41-21-7-5-20(6-8-21)13-29-23(35)15-37-12-11-36-10-9-28/h5-8,22,24-27H,9-15,28H2,1-4H3,(H,29,35)(H,30,31)/t22-,24-,25-,26-,27-/m1/s1. The third-order valence-corrected chi connectivity index (χ3v) is 5.60. The maximum Gasteiger partial charge on any atom is 0.303 e. The minimum atomic E-state index is -1.25. The van der Waals surface area contributed by atoms with Gasteiger partial charge in [-0.1, -0.05) is 12.1 Å². The Bertz CT molecular complexity index is 1050. The Morgan fingerprint density at radius 2 is 1.50 bits per heavy atom. The van der Waals surface area contributed by atoms with Crippen LogP contribution in [0.15, 0.2) is 24.3 Å². The zero-order valence-corrected chi connectivity index (χ0v) is 24.1. The van der Waals surface area contributed by atoms with Gasteiger partial charge in [0.25, 0.3) is 0 Å². The van der Waals surface area contributed by atoms with Crippen LogP contribution in [-0.2, 0) is 58.9 Å². The van der Waals surface area contributed by atoms with Gasteiger partial charge in [0, 0.05) is 40.8 Å². The lowest BCUT2D eigenvalue weighted by molar-refractivity contribution is -0.257. The van der Waals surface area contributed by atoms with Crippen molar-refractivity contribution in [3.63, 3.8) is 0 Å². The Labute approximate surface area is 243 Å². The summed E-state index contributed by atoms with van der Waals surface area (Å²) in [5.74, 6) is -2.52. The van der Waals surface area contributed by atoms with Gasteiger partial charge in [0.1, 0.15) is 31.1 Å². The van der Waals surface area contributed by atoms with Crippen LogP contribution in [-0.4, -0.2) is 99.9 Å². The monoisotopic (exact) mass is 597 g/mol. The molecule has 0 radical (unpaired) electrons. The first-order valence-corrected chi connectivity index (χ1v) is 13.3. The number of hydrogen-bond acceptors (Lipinski definition) is 13. The van der Waals surface area contributed by atoms with Gasteiger partial charge in [-0.15, -0.1) is 0 Å². The number of ether oxygens (including phenoxy) is 7. The van der Waals surface area contributed by atoms with Crippen molar-refractivity contribution in [2.24, 2.45) is 5.73 Å². The number of amides is 2. The molecule has 1 aromatic rings. The van der Waals surface area contributed by atoms with E-state index >= 15 is 0 Å². The molecule has 1 heterocycles. The average molecular weight is 598 g/mol. The number of nitrogens with two attached hydrogens (primary N) is 1. The van der Waals surface area contributed by atoms with Crippen molar-refractivity contribution in [3.05, 3.63) is 29.8 Å². The lowest BCUT2D eigenvalue weighted by atomic mass is 9.96. The van der Waals surface area contributed by atoms with E-state index in [1.807, 2.05) is 0 Å². The van der Waals surface area contributed by atoms with Gasteiger partial charge >= 0.3 is 17.9 Å². The molecule has 1 saturated heterocycles. The SMILES string of the molecule is CC(=O)N[C@H]1[C@H](Oc2ccc(CNC(=O)COCCOCCN)cc2)O[C@H](COC(C)=O)[C@@H](OC(C)=O)[C@@H]1OC(C)=O.